The number of likely N-dealkylation sites (N-methyl/N-ethyl adjacent to an activating group) is 1. The fraction of sp³-hybridized carbons (Fsp3) is 0.500. The number of carbonyl (C=O) groups excluding carboxylic acids is 1. The van der Waals surface area contributed by atoms with Gasteiger partial charge in [0.05, 0.1) is 18.9 Å². The van der Waals surface area contributed by atoms with Gasteiger partial charge in [-0.1, -0.05) is 0 Å². The fourth-order valence-corrected chi connectivity index (χ4v) is 1.28. The highest BCUT2D eigenvalue weighted by molar-refractivity contribution is 5.94. The van der Waals surface area contributed by atoms with Crippen molar-refractivity contribution in [1.82, 2.24) is 4.90 Å². The average Bonchev–Trinajstić information content (AvgIpc) is 2.53. The Labute approximate surface area is 83.1 Å². The van der Waals surface area contributed by atoms with Crippen LogP contribution in [-0.2, 0) is 0 Å². The molecule has 14 heavy (non-hydrogen) atoms. The zero-order valence-electron chi connectivity index (χ0n) is 8.43. The molecule has 1 N–H and O–H groups in total. The molecule has 1 atom stereocenters. The number of hydrogen-bond donors (Lipinski definition) is 1. The molecule has 1 aromatic heterocycles. The number of hydrogen-bond acceptors (Lipinski definition) is 4. The summed E-state index contributed by atoms with van der Waals surface area (Å²) >= 11 is 0. The van der Waals surface area contributed by atoms with E-state index in [-0.39, 0.29) is 12.3 Å². The second-order valence-corrected chi connectivity index (χ2v) is 3.45. The normalized spacial score (nSPS) is 13.1. The minimum absolute atomic E-state index is 0.0712. The Morgan fingerprint density at radius 2 is 2.43 bits per heavy atom. The van der Waals surface area contributed by atoms with Gasteiger partial charge >= 0.3 is 0 Å². The van der Waals surface area contributed by atoms with Crippen LogP contribution in [0.4, 0.5) is 0 Å². The van der Waals surface area contributed by atoms with Gasteiger partial charge in [0.1, 0.15) is 0 Å². The van der Waals surface area contributed by atoms with Gasteiger partial charge in [0.2, 0.25) is 5.78 Å². The van der Waals surface area contributed by atoms with E-state index >= 15 is 0 Å². The first-order valence-corrected chi connectivity index (χ1v) is 4.53. The summed E-state index contributed by atoms with van der Waals surface area (Å²) < 4.78 is 4.96. The Morgan fingerprint density at radius 1 is 1.71 bits per heavy atom. The van der Waals surface area contributed by atoms with E-state index in [4.69, 9.17) is 9.52 Å². The maximum atomic E-state index is 11.5. The number of nitrogens with zero attached hydrogens (tertiary/aromatic N) is 1. The molecule has 0 radical (unpaired) electrons. The summed E-state index contributed by atoms with van der Waals surface area (Å²) in [5.74, 6) is 0.292. The molecule has 4 heteroatoms. The summed E-state index contributed by atoms with van der Waals surface area (Å²) in [6, 6.07) is 3.32. The summed E-state index contributed by atoms with van der Waals surface area (Å²) in [5, 5.41) is 9.09. The van der Waals surface area contributed by atoms with Crippen molar-refractivity contribution in [2.24, 2.45) is 0 Å². The van der Waals surface area contributed by atoms with Crippen LogP contribution in [0.2, 0.25) is 0 Å². The van der Waals surface area contributed by atoms with E-state index in [1.165, 1.54) is 6.26 Å². The third-order valence-corrected chi connectivity index (χ3v) is 1.79. The Hall–Kier alpha value is -1.13. The predicted molar refractivity (Wildman–Crippen MR) is 52.2 cm³/mol. The third-order valence-electron chi connectivity index (χ3n) is 1.79. The number of Topliss-reactive ketones (excluding diaryl/α,β-unsaturated/α-hetero) is 1. The van der Waals surface area contributed by atoms with Crippen LogP contribution < -0.4 is 0 Å². The van der Waals surface area contributed by atoms with Crippen molar-refractivity contribution in [3.8, 4) is 0 Å². The number of aliphatic hydroxyl groups excluding tert-OH is 1. The zero-order chi connectivity index (χ0) is 10.6. The van der Waals surface area contributed by atoms with Gasteiger partial charge in [0.15, 0.2) is 5.76 Å². The molecule has 0 spiro atoms. The highest BCUT2D eigenvalue weighted by atomic mass is 16.3. The zero-order valence-corrected chi connectivity index (χ0v) is 8.43. The highest BCUT2D eigenvalue weighted by Crippen LogP contribution is 2.02. The predicted octanol–water partition coefficient (Wildman–Crippen LogP) is 0.775. The van der Waals surface area contributed by atoms with Crippen molar-refractivity contribution in [2.75, 3.05) is 20.1 Å². The standard InChI is InChI=1S/C10H15NO3/c1-8(12)6-11(2)7-9(13)10-4-3-5-14-10/h3-5,8,12H,6-7H2,1-2H3. The van der Waals surface area contributed by atoms with Crippen molar-refractivity contribution in [1.29, 1.82) is 0 Å². The summed E-state index contributed by atoms with van der Waals surface area (Å²) in [6.45, 7) is 2.43. The van der Waals surface area contributed by atoms with Crippen LogP contribution >= 0.6 is 0 Å². The Kier molecular flexibility index (Phi) is 3.85. The van der Waals surface area contributed by atoms with E-state index in [1.54, 1.807) is 31.0 Å². The molecule has 1 heterocycles. The number of ketones is 1. The summed E-state index contributed by atoms with van der Waals surface area (Å²) in [5.41, 5.74) is 0. The first kappa shape index (κ1) is 10.9. The van der Waals surface area contributed by atoms with Crippen molar-refractivity contribution in [3.63, 3.8) is 0 Å². The van der Waals surface area contributed by atoms with E-state index in [1.807, 2.05) is 0 Å². The molecule has 1 rings (SSSR count). The molecule has 0 amide bonds. The lowest BCUT2D eigenvalue weighted by atomic mass is 10.3. The van der Waals surface area contributed by atoms with Gasteiger partial charge in [-0.25, -0.2) is 0 Å². The summed E-state index contributed by atoms with van der Waals surface area (Å²) in [6.07, 6.45) is 1.05. The molecular formula is C10H15NO3. The molecule has 78 valence electrons. The van der Waals surface area contributed by atoms with Gasteiger partial charge in [-0.2, -0.15) is 0 Å². The van der Waals surface area contributed by atoms with E-state index < -0.39 is 6.10 Å². The molecule has 4 nitrogen and oxygen atoms in total. The van der Waals surface area contributed by atoms with Crippen molar-refractivity contribution in [3.05, 3.63) is 24.2 Å². The van der Waals surface area contributed by atoms with Crippen LogP contribution in [0, 0.1) is 0 Å². The molecule has 0 bridgehead atoms. The van der Waals surface area contributed by atoms with Crippen molar-refractivity contribution in [2.45, 2.75) is 13.0 Å². The Balaban J connectivity index is 2.41. The lowest BCUT2D eigenvalue weighted by molar-refractivity contribution is 0.0875. The first-order valence-electron chi connectivity index (χ1n) is 4.53. The maximum absolute atomic E-state index is 11.5. The van der Waals surface area contributed by atoms with Gasteiger partial charge in [0, 0.05) is 6.54 Å². The smallest absolute Gasteiger partial charge is 0.211 e. The number of furan rings is 1. The van der Waals surface area contributed by atoms with Gasteiger partial charge in [0.25, 0.3) is 0 Å². The van der Waals surface area contributed by atoms with Gasteiger partial charge < -0.3 is 9.52 Å². The maximum Gasteiger partial charge on any atom is 0.211 e. The quantitative estimate of drug-likeness (QED) is 0.708. The molecule has 1 unspecified atom stereocenters. The van der Waals surface area contributed by atoms with Crippen LogP contribution in [0.5, 0.6) is 0 Å². The van der Waals surface area contributed by atoms with Gasteiger partial charge in [-0.05, 0) is 26.1 Å². The summed E-state index contributed by atoms with van der Waals surface area (Å²) in [4.78, 5) is 13.2. The van der Waals surface area contributed by atoms with Gasteiger partial charge in [-0.3, -0.25) is 9.69 Å². The summed E-state index contributed by atoms with van der Waals surface area (Å²) in [7, 11) is 1.79. The lowest BCUT2D eigenvalue weighted by Crippen LogP contribution is -2.31. The van der Waals surface area contributed by atoms with E-state index in [0.717, 1.165) is 0 Å². The molecule has 0 aromatic carbocycles. The Morgan fingerprint density at radius 3 is 2.93 bits per heavy atom. The molecule has 0 saturated heterocycles. The molecular weight excluding hydrogens is 182 g/mol. The van der Waals surface area contributed by atoms with Crippen molar-refractivity contribution < 1.29 is 14.3 Å². The average molecular weight is 197 g/mol. The fourth-order valence-electron chi connectivity index (χ4n) is 1.28. The third kappa shape index (κ3) is 3.32. The van der Waals surface area contributed by atoms with E-state index in [9.17, 15) is 4.79 Å². The molecule has 0 aliphatic rings. The first-order chi connectivity index (χ1) is 6.59. The minimum atomic E-state index is -0.426. The molecule has 0 fully saturated rings. The monoisotopic (exact) mass is 197 g/mol. The number of aliphatic hydroxyl groups is 1. The van der Waals surface area contributed by atoms with Crippen LogP contribution in [-0.4, -0.2) is 42.0 Å². The lowest BCUT2D eigenvalue weighted by Gasteiger charge is -2.16. The van der Waals surface area contributed by atoms with Crippen LogP contribution in [0.25, 0.3) is 0 Å². The Bertz CT molecular complexity index is 280. The molecule has 1 aromatic rings. The van der Waals surface area contributed by atoms with Gasteiger partial charge in [-0.15, -0.1) is 0 Å². The molecule has 0 aliphatic heterocycles. The van der Waals surface area contributed by atoms with E-state index in [0.29, 0.717) is 12.3 Å². The van der Waals surface area contributed by atoms with Crippen molar-refractivity contribution >= 4 is 5.78 Å². The number of carbonyl (C=O) groups is 1. The highest BCUT2D eigenvalue weighted by Gasteiger charge is 2.12. The van der Waals surface area contributed by atoms with E-state index in [2.05, 4.69) is 0 Å². The number of rotatable bonds is 5. The second-order valence-electron chi connectivity index (χ2n) is 3.45. The molecule has 0 aliphatic carbocycles. The molecule has 0 saturated carbocycles. The van der Waals surface area contributed by atoms with Crippen LogP contribution in [0.1, 0.15) is 17.5 Å². The largest absolute Gasteiger partial charge is 0.461 e. The van der Waals surface area contributed by atoms with Crippen LogP contribution in [0.3, 0.4) is 0 Å². The SMILES string of the molecule is CC(O)CN(C)CC(=O)c1ccco1. The second kappa shape index (κ2) is 4.93. The van der Waals surface area contributed by atoms with Crippen LogP contribution in [0.15, 0.2) is 22.8 Å². The topological polar surface area (TPSA) is 53.7 Å². The minimum Gasteiger partial charge on any atom is -0.461 e.